The Morgan fingerprint density at radius 2 is 2.17 bits per heavy atom. The van der Waals surface area contributed by atoms with Crippen LogP contribution in [0.1, 0.15) is 58.1 Å². The fraction of sp³-hybridized carbons (Fsp3) is 0.667. The van der Waals surface area contributed by atoms with Crippen LogP contribution in [0.2, 0.25) is 0 Å². The molecule has 0 saturated carbocycles. The van der Waals surface area contributed by atoms with Gasteiger partial charge in [0.15, 0.2) is 0 Å². The van der Waals surface area contributed by atoms with Crippen molar-refractivity contribution >= 4 is 0 Å². The Labute approximate surface area is 111 Å². The molecule has 2 N–H and O–H groups in total. The number of nitrogens with two attached hydrogens (primary N) is 1. The topological polar surface area (TPSA) is 48.1 Å². The summed E-state index contributed by atoms with van der Waals surface area (Å²) >= 11 is 0. The van der Waals surface area contributed by atoms with Gasteiger partial charge in [0, 0.05) is 17.8 Å². The zero-order valence-electron chi connectivity index (χ0n) is 11.9. The summed E-state index contributed by atoms with van der Waals surface area (Å²) in [5, 5.41) is 0. The molecule has 1 aromatic rings. The van der Waals surface area contributed by atoms with E-state index in [0.717, 1.165) is 18.6 Å². The van der Waals surface area contributed by atoms with E-state index < -0.39 is 0 Å². The first-order valence-electron chi connectivity index (χ1n) is 7.02. The summed E-state index contributed by atoms with van der Waals surface area (Å²) in [6.45, 7) is 7.14. The summed E-state index contributed by atoms with van der Waals surface area (Å²) in [6, 6.07) is 3.85. The second kappa shape index (κ2) is 8.09. The first-order valence-corrected chi connectivity index (χ1v) is 7.02. The summed E-state index contributed by atoms with van der Waals surface area (Å²) < 4.78 is 5.86. The van der Waals surface area contributed by atoms with Crippen molar-refractivity contribution in [2.75, 3.05) is 6.61 Å². The van der Waals surface area contributed by atoms with Crippen LogP contribution in [-0.4, -0.2) is 11.6 Å². The molecule has 0 aliphatic rings. The van der Waals surface area contributed by atoms with Crippen molar-refractivity contribution in [3.8, 4) is 5.88 Å². The molecule has 0 aromatic carbocycles. The van der Waals surface area contributed by atoms with Gasteiger partial charge >= 0.3 is 0 Å². The average Bonchev–Trinajstić information content (AvgIpc) is 2.39. The lowest BCUT2D eigenvalue weighted by molar-refractivity contribution is 0.223. The molecule has 0 saturated heterocycles. The van der Waals surface area contributed by atoms with E-state index >= 15 is 0 Å². The quantitative estimate of drug-likeness (QED) is 0.765. The SMILES string of the molecule is CCCCC(CC)COc1ncccc1[C@H](C)N. The number of hydrogen-bond donors (Lipinski definition) is 1. The average molecular weight is 250 g/mol. The van der Waals surface area contributed by atoms with Gasteiger partial charge in [0.25, 0.3) is 0 Å². The molecule has 3 heteroatoms. The van der Waals surface area contributed by atoms with Gasteiger partial charge in [-0.2, -0.15) is 0 Å². The largest absolute Gasteiger partial charge is 0.477 e. The van der Waals surface area contributed by atoms with Crippen LogP contribution in [0.25, 0.3) is 0 Å². The van der Waals surface area contributed by atoms with E-state index in [-0.39, 0.29) is 6.04 Å². The van der Waals surface area contributed by atoms with Gasteiger partial charge in [-0.15, -0.1) is 0 Å². The van der Waals surface area contributed by atoms with Crippen LogP contribution in [0.3, 0.4) is 0 Å². The molecule has 2 atom stereocenters. The number of aromatic nitrogens is 1. The van der Waals surface area contributed by atoms with Gasteiger partial charge in [0.1, 0.15) is 0 Å². The van der Waals surface area contributed by atoms with E-state index in [0.29, 0.717) is 11.8 Å². The van der Waals surface area contributed by atoms with Gasteiger partial charge in [0.05, 0.1) is 6.61 Å². The number of rotatable bonds is 8. The summed E-state index contributed by atoms with van der Waals surface area (Å²) in [5.41, 5.74) is 6.90. The second-order valence-electron chi connectivity index (χ2n) is 4.91. The Hall–Kier alpha value is -1.09. The van der Waals surface area contributed by atoms with E-state index in [1.54, 1.807) is 6.20 Å². The minimum absolute atomic E-state index is 0.0376. The molecule has 1 rings (SSSR count). The maximum atomic E-state index is 5.91. The molecular weight excluding hydrogens is 224 g/mol. The van der Waals surface area contributed by atoms with Crippen molar-refractivity contribution in [2.24, 2.45) is 11.7 Å². The van der Waals surface area contributed by atoms with Crippen LogP contribution in [0.5, 0.6) is 5.88 Å². The van der Waals surface area contributed by atoms with E-state index in [4.69, 9.17) is 10.5 Å². The summed E-state index contributed by atoms with van der Waals surface area (Å²) in [5.74, 6) is 1.32. The van der Waals surface area contributed by atoms with Crippen molar-refractivity contribution in [1.29, 1.82) is 0 Å². The second-order valence-corrected chi connectivity index (χ2v) is 4.91. The fourth-order valence-electron chi connectivity index (χ4n) is 1.97. The minimum atomic E-state index is -0.0376. The lowest BCUT2D eigenvalue weighted by atomic mass is 10.0. The molecule has 1 unspecified atom stereocenters. The lowest BCUT2D eigenvalue weighted by Gasteiger charge is -2.17. The molecule has 18 heavy (non-hydrogen) atoms. The molecule has 3 nitrogen and oxygen atoms in total. The van der Waals surface area contributed by atoms with E-state index in [1.807, 2.05) is 19.1 Å². The summed E-state index contributed by atoms with van der Waals surface area (Å²) in [6.07, 6.45) is 6.65. The Morgan fingerprint density at radius 1 is 1.39 bits per heavy atom. The van der Waals surface area contributed by atoms with Gasteiger partial charge in [-0.25, -0.2) is 4.98 Å². The van der Waals surface area contributed by atoms with Crippen LogP contribution in [0.4, 0.5) is 0 Å². The third-order valence-corrected chi connectivity index (χ3v) is 3.29. The van der Waals surface area contributed by atoms with Crippen molar-refractivity contribution in [3.05, 3.63) is 23.9 Å². The van der Waals surface area contributed by atoms with Crippen LogP contribution >= 0.6 is 0 Å². The fourth-order valence-corrected chi connectivity index (χ4v) is 1.97. The Morgan fingerprint density at radius 3 is 2.78 bits per heavy atom. The van der Waals surface area contributed by atoms with Crippen molar-refractivity contribution < 1.29 is 4.74 Å². The maximum absolute atomic E-state index is 5.91. The Balaban J connectivity index is 2.56. The van der Waals surface area contributed by atoms with E-state index in [9.17, 15) is 0 Å². The molecule has 0 amide bonds. The van der Waals surface area contributed by atoms with Gasteiger partial charge in [0.2, 0.25) is 5.88 Å². The monoisotopic (exact) mass is 250 g/mol. The van der Waals surface area contributed by atoms with Crippen LogP contribution < -0.4 is 10.5 Å². The molecule has 1 heterocycles. The lowest BCUT2D eigenvalue weighted by Crippen LogP contribution is -2.15. The zero-order valence-corrected chi connectivity index (χ0v) is 11.9. The first-order chi connectivity index (χ1) is 8.69. The predicted octanol–water partition coefficient (Wildman–Crippen LogP) is 3.70. The summed E-state index contributed by atoms with van der Waals surface area (Å²) in [7, 11) is 0. The molecule has 0 radical (unpaired) electrons. The van der Waals surface area contributed by atoms with Gasteiger partial charge in [-0.05, 0) is 25.3 Å². The van der Waals surface area contributed by atoms with Crippen molar-refractivity contribution in [2.45, 2.75) is 52.5 Å². The van der Waals surface area contributed by atoms with Crippen LogP contribution in [-0.2, 0) is 0 Å². The molecule has 0 fully saturated rings. The van der Waals surface area contributed by atoms with E-state index in [2.05, 4.69) is 18.8 Å². The smallest absolute Gasteiger partial charge is 0.218 e. The number of ether oxygens (including phenoxy) is 1. The Kier molecular flexibility index (Phi) is 6.73. The first kappa shape index (κ1) is 15.0. The van der Waals surface area contributed by atoms with Crippen molar-refractivity contribution in [1.82, 2.24) is 4.98 Å². The van der Waals surface area contributed by atoms with Gasteiger partial charge < -0.3 is 10.5 Å². The number of nitrogens with zero attached hydrogens (tertiary/aromatic N) is 1. The maximum Gasteiger partial charge on any atom is 0.218 e. The molecule has 0 aliphatic heterocycles. The summed E-state index contributed by atoms with van der Waals surface area (Å²) in [4.78, 5) is 4.28. The highest BCUT2D eigenvalue weighted by molar-refractivity contribution is 5.28. The van der Waals surface area contributed by atoms with Gasteiger partial charge in [-0.1, -0.05) is 39.2 Å². The highest BCUT2D eigenvalue weighted by Gasteiger charge is 2.11. The molecule has 0 aliphatic carbocycles. The van der Waals surface area contributed by atoms with Crippen LogP contribution in [0, 0.1) is 5.92 Å². The molecular formula is C15H26N2O. The number of hydrogen-bond acceptors (Lipinski definition) is 3. The minimum Gasteiger partial charge on any atom is -0.477 e. The standard InChI is InChI=1S/C15H26N2O/c1-4-6-8-13(5-2)11-18-15-14(12(3)16)9-7-10-17-15/h7,9-10,12-13H,4-6,8,11,16H2,1-3H3/t12-,13?/m0/s1. The normalized spacial score (nSPS) is 14.2. The third-order valence-electron chi connectivity index (χ3n) is 3.29. The number of pyridine rings is 1. The Bertz CT molecular complexity index is 339. The predicted molar refractivity (Wildman–Crippen MR) is 75.6 cm³/mol. The zero-order chi connectivity index (χ0) is 13.4. The molecule has 0 bridgehead atoms. The molecule has 102 valence electrons. The van der Waals surface area contributed by atoms with Crippen LogP contribution in [0.15, 0.2) is 18.3 Å². The van der Waals surface area contributed by atoms with E-state index in [1.165, 1.54) is 19.3 Å². The third kappa shape index (κ3) is 4.65. The highest BCUT2D eigenvalue weighted by Crippen LogP contribution is 2.22. The molecule has 0 spiro atoms. The highest BCUT2D eigenvalue weighted by atomic mass is 16.5. The molecule has 1 aromatic heterocycles. The number of unbranched alkanes of at least 4 members (excludes halogenated alkanes) is 1. The van der Waals surface area contributed by atoms with Crippen molar-refractivity contribution in [3.63, 3.8) is 0 Å². The van der Waals surface area contributed by atoms with Gasteiger partial charge in [-0.3, -0.25) is 0 Å².